The molecule has 0 atom stereocenters. The Morgan fingerprint density at radius 2 is 2.00 bits per heavy atom. The second kappa shape index (κ2) is 7.44. The summed E-state index contributed by atoms with van der Waals surface area (Å²) in [5.74, 6) is -0.568. The standard InChI is InChI=1S/C17H12Br2N2O2/c1-10-4-2-3-5-15(10)21-17(23)12(9-20)6-11-7-13(18)8-14(19)16(11)22/h2-8,22H,1H3,(H,21,23)/b12-6-. The average molecular weight is 436 g/mol. The molecule has 116 valence electrons. The van der Waals surface area contributed by atoms with Gasteiger partial charge >= 0.3 is 0 Å². The minimum atomic E-state index is -0.530. The van der Waals surface area contributed by atoms with E-state index >= 15 is 0 Å². The molecule has 2 aromatic carbocycles. The van der Waals surface area contributed by atoms with Gasteiger partial charge in [-0.2, -0.15) is 5.26 Å². The van der Waals surface area contributed by atoms with Crippen LogP contribution in [0.1, 0.15) is 11.1 Å². The maximum Gasteiger partial charge on any atom is 0.266 e. The van der Waals surface area contributed by atoms with Gasteiger partial charge in [-0.1, -0.05) is 34.1 Å². The van der Waals surface area contributed by atoms with Crippen molar-refractivity contribution < 1.29 is 9.90 Å². The maximum absolute atomic E-state index is 12.3. The van der Waals surface area contributed by atoms with Crippen molar-refractivity contribution in [3.63, 3.8) is 0 Å². The molecule has 0 aromatic heterocycles. The van der Waals surface area contributed by atoms with E-state index < -0.39 is 5.91 Å². The van der Waals surface area contributed by atoms with E-state index in [0.29, 0.717) is 20.2 Å². The van der Waals surface area contributed by atoms with Crippen LogP contribution in [0.5, 0.6) is 5.75 Å². The highest BCUT2D eigenvalue weighted by molar-refractivity contribution is 9.11. The number of nitriles is 1. The van der Waals surface area contributed by atoms with Gasteiger partial charge < -0.3 is 10.4 Å². The first-order chi connectivity index (χ1) is 10.9. The van der Waals surface area contributed by atoms with Crippen molar-refractivity contribution >= 4 is 49.5 Å². The molecule has 0 spiro atoms. The first-order valence-electron chi connectivity index (χ1n) is 6.59. The number of amides is 1. The smallest absolute Gasteiger partial charge is 0.266 e. The van der Waals surface area contributed by atoms with E-state index in [1.165, 1.54) is 6.08 Å². The molecule has 23 heavy (non-hydrogen) atoms. The Hall–Kier alpha value is -2.10. The van der Waals surface area contributed by atoms with E-state index in [1.54, 1.807) is 24.3 Å². The summed E-state index contributed by atoms with van der Waals surface area (Å²) in [5, 5.41) is 22.0. The zero-order valence-electron chi connectivity index (χ0n) is 12.1. The van der Waals surface area contributed by atoms with Crippen LogP contribution in [-0.4, -0.2) is 11.0 Å². The molecular weight excluding hydrogens is 424 g/mol. The molecule has 4 nitrogen and oxygen atoms in total. The summed E-state index contributed by atoms with van der Waals surface area (Å²) in [6.07, 6.45) is 1.35. The Kier molecular flexibility index (Phi) is 5.59. The topological polar surface area (TPSA) is 73.1 Å². The molecule has 0 saturated carbocycles. The molecule has 0 aliphatic heterocycles. The number of aromatic hydroxyl groups is 1. The molecule has 0 radical (unpaired) electrons. The van der Waals surface area contributed by atoms with Gasteiger partial charge in [0.1, 0.15) is 17.4 Å². The van der Waals surface area contributed by atoms with Gasteiger partial charge in [-0.05, 0) is 52.7 Å². The van der Waals surface area contributed by atoms with E-state index in [-0.39, 0.29) is 11.3 Å². The van der Waals surface area contributed by atoms with Crippen LogP contribution in [-0.2, 0) is 4.79 Å². The van der Waals surface area contributed by atoms with Crippen molar-refractivity contribution in [2.45, 2.75) is 6.92 Å². The lowest BCUT2D eigenvalue weighted by Gasteiger charge is -2.08. The molecule has 0 unspecified atom stereocenters. The highest BCUT2D eigenvalue weighted by Gasteiger charge is 2.13. The van der Waals surface area contributed by atoms with Crippen molar-refractivity contribution in [3.8, 4) is 11.8 Å². The van der Waals surface area contributed by atoms with Gasteiger partial charge in [-0.25, -0.2) is 0 Å². The lowest BCUT2D eigenvalue weighted by atomic mass is 10.1. The molecule has 2 N–H and O–H groups in total. The third kappa shape index (κ3) is 4.21. The second-order valence-corrected chi connectivity index (χ2v) is 6.53. The first-order valence-corrected chi connectivity index (χ1v) is 8.17. The minimum absolute atomic E-state index is 0.0374. The van der Waals surface area contributed by atoms with Crippen LogP contribution in [0.4, 0.5) is 5.69 Å². The lowest BCUT2D eigenvalue weighted by molar-refractivity contribution is -0.112. The third-order valence-corrected chi connectivity index (χ3v) is 4.18. The Morgan fingerprint density at radius 1 is 1.30 bits per heavy atom. The molecule has 2 rings (SSSR count). The van der Waals surface area contributed by atoms with Crippen LogP contribution in [0, 0.1) is 18.3 Å². The molecule has 1 amide bonds. The van der Waals surface area contributed by atoms with E-state index in [2.05, 4.69) is 37.2 Å². The number of carbonyl (C=O) groups is 1. The number of nitrogens with zero attached hydrogens (tertiary/aromatic N) is 1. The molecule has 0 fully saturated rings. The molecule has 0 bridgehead atoms. The number of phenolic OH excluding ortho intramolecular Hbond substituents is 1. The molecule has 0 aliphatic rings. The Balaban J connectivity index is 2.35. The number of hydrogen-bond acceptors (Lipinski definition) is 3. The van der Waals surface area contributed by atoms with Gasteiger partial charge in [0.25, 0.3) is 5.91 Å². The highest BCUT2D eigenvalue weighted by Crippen LogP contribution is 2.33. The number of nitrogens with one attached hydrogen (secondary N) is 1. The van der Waals surface area contributed by atoms with Gasteiger partial charge in [0.15, 0.2) is 0 Å². The van der Waals surface area contributed by atoms with Crippen LogP contribution in [0.15, 0.2) is 50.9 Å². The van der Waals surface area contributed by atoms with E-state index in [4.69, 9.17) is 0 Å². The van der Waals surface area contributed by atoms with Crippen molar-refractivity contribution in [2.24, 2.45) is 0 Å². The first kappa shape index (κ1) is 17.3. The van der Waals surface area contributed by atoms with Crippen LogP contribution in [0.2, 0.25) is 0 Å². The summed E-state index contributed by atoms with van der Waals surface area (Å²) >= 11 is 6.52. The number of para-hydroxylation sites is 1. The molecule has 0 heterocycles. The van der Waals surface area contributed by atoms with Gasteiger partial charge in [0.2, 0.25) is 0 Å². The molecule has 0 saturated heterocycles. The molecule has 0 aliphatic carbocycles. The van der Waals surface area contributed by atoms with Crippen LogP contribution in [0.3, 0.4) is 0 Å². The van der Waals surface area contributed by atoms with Crippen LogP contribution < -0.4 is 5.32 Å². The predicted molar refractivity (Wildman–Crippen MR) is 96.9 cm³/mol. The fraction of sp³-hybridized carbons (Fsp3) is 0.0588. The fourth-order valence-corrected chi connectivity index (χ4v) is 3.16. The number of carbonyl (C=O) groups excluding carboxylic acids is 1. The van der Waals surface area contributed by atoms with E-state index in [1.807, 2.05) is 25.1 Å². The van der Waals surface area contributed by atoms with Crippen molar-refractivity contribution in [1.29, 1.82) is 5.26 Å². The normalized spacial score (nSPS) is 11.0. The summed E-state index contributed by atoms with van der Waals surface area (Å²) in [5.41, 5.74) is 1.79. The van der Waals surface area contributed by atoms with Gasteiger partial charge in [-0.3, -0.25) is 4.79 Å². The van der Waals surface area contributed by atoms with E-state index in [9.17, 15) is 15.2 Å². The zero-order chi connectivity index (χ0) is 17.0. The van der Waals surface area contributed by atoms with Crippen LogP contribution >= 0.6 is 31.9 Å². The second-order valence-electron chi connectivity index (χ2n) is 4.76. The Morgan fingerprint density at radius 3 is 2.65 bits per heavy atom. The molecule has 6 heteroatoms. The van der Waals surface area contributed by atoms with Crippen molar-refractivity contribution in [2.75, 3.05) is 5.32 Å². The molecule has 2 aromatic rings. The lowest BCUT2D eigenvalue weighted by Crippen LogP contribution is -2.14. The van der Waals surface area contributed by atoms with Crippen molar-refractivity contribution in [1.82, 2.24) is 0 Å². The van der Waals surface area contributed by atoms with Gasteiger partial charge in [-0.15, -0.1) is 0 Å². The number of phenols is 1. The number of anilines is 1. The monoisotopic (exact) mass is 434 g/mol. The summed E-state index contributed by atoms with van der Waals surface area (Å²) in [4.78, 5) is 12.3. The predicted octanol–water partition coefficient (Wildman–Crippen LogP) is 4.77. The Labute approximate surface area is 150 Å². The number of rotatable bonds is 3. The van der Waals surface area contributed by atoms with Crippen LogP contribution in [0.25, 0.3) is 6.08 Å². The maximum atomic E-state index is 12.3. The minimum Gasteiger partial charge on any atom is -0.506 e. The van der Waals surface area contributed by atoms with E-state index in [0.717, 1.165) is 5.56 Å². The third-order valence-electron chi connectivity index (χ3n) is 3.12. The summed E-state index contributed by atoms with van der Waals surface area (Å²) in [7, 11) is 0. The number of aryl methyl sites for hydroxylation is 1. The quantitative estimate of drug-likeness (QED) is 0.538. The highest BCUT2D eigenvalue weighted by atomic mass is 79.9. The molecular formula is C17H12Br2N2O2. The Bertz CT molecular complexity index is 839. The number of benzene rings is 2. The summed E-state index contributed by atoms with van der Waals surface area (Å²) in [6.45, 7) is 1.86. The fourth-order valence-electron chi connectivity index (χ4n) is 1.90. The van der Waals surface area contributed by atoms with Gasteiger partial charge in [0, 0.05) is 15.7 Å². The largest absolute Gasteiger partial charge is 0.506 e. The summed E-state index contributed by atoms with van der Waals surface area (Å²) < 4.78 is 1.18. The SMILES string of the molecule is Cc1ccccc1NC(=O)/C(C#N)=C\c1cc(Br)cc(Br)c1O. The van der Waals surface area contributed by atoms with Gasteiger partial charge in [0.05, 0.1) is 4.47 Å². The summed E-state index contributed by atoms with van der Waals surface area (Å²) in [6, 6.07) is 12.4. The zero-order valence-corrected chi connectivity index (χ0v) is 15.3. The number of hydrogen-bond donors (Lipinski definition) is 2. The average Bonchev–Trinajstić information content (AvgIpc) is 2.51. The number of halogens is 2. The van der Waals surface area contributed by atoms with Crippen molar-refractivity contribution in [3.05, 3.63) is 62.0 Å².